The fourth-order valence-corrected chi connectivity index (χ4v) is 2.64. The topological polar surface area (TPSA) is 66.2 Å². The number of methoxy groups -OCH3 is 1. The second kappa shape index (κ2) is 8.57. The minimum Gasteiger partial charge on any atom is -0.383 e. The predicted molar refractivity (Wildman–Crippen MR) is 96.4 cm³/mol. The lowest BCUT2D eigenvalue weighted by Gasteiger charge is -2.19. The molecule has 1 aromatic carbocycles. The van der Waals surface area contributed by atoms with E-state index in [1.807, 2.05) is 36.2 Å². The molecule has 0 spiro atoms. The van der Waals surface area contributed by atoms with Gasteiger partial charge in [-0.2, -0.15) is 5.26 Å². The summed E-state index contributed by atoms with van der Waals surface area (Å²) in [6.45, 7) is 1.21. The van der Waals surface area contributed by atoms with Crippen molar-refractivity contribution in [3.05, 3.63) is 57.2 Å². The van der Waals surface area contributed by atoms with Crippen molar-refractivity contribution in [2.75, 3.05) is 32.2 Å². The van der Waals surface area contributed by atoms with Crippen LogP contribution in [0.2, 0.25) is 0 Å². The van der Waals surface area contributed by atoms with Gasteiger partial charge < -0.3 is 9.64 Å². The van der Waals surface area contributed by atoms with Gasteiger partial charge in [0.1, 0.15) is 11.9 Å². The smallest absolute Gasteiger partial charge is 0.151 e. The van der Waals surface area contributed by atoms with E-state index in [0.29, 0.717) is 36.5 Å². The number of carbonyl (C=O) groups is 1. The lowest BCUT2D eigenvalue weighted by Crippen LogP contribution is -2.24. The van der Waals surface area contributed by atoms with Crippen LogP contribution in [0, 0.1) is 11.3 Å². The molecule has 124 valence electrons. The third-order valence-electron chi connectivity index (χ3n) is 3.62. The van der Waals surface area contributed by atoms with Crippen LogP contribution in [0.5, 0.6) is 0 Å². The highest BCUT2D eigenvalue weighted by Gasteiger charge is 2.11. The van der Waals surface area contributed by atoms with Crippen LogP contribution in [0.3, 0.4) is 0 Å². The van der Waals surface area contributed by atoms with Gasteiger partial charge in [0, 0.05) is 42.9 Å². The molecule has 0 N–H and O–H groups in total. The maximum atomic E-state index is 11.1. The average Bonchev–Trinajstić information content (AvgIpc) is 2.61. The maximum absolute atomic E-state index is 11.1. The van der Waals surface area contributed by atoms with Crippen LogP contribution in [-0.4, -0.2) is 38.6 Å². The van der Waals surface area contributed by atoms with Crippen molar-refractivity contribution in [3.8, 4) is 6.07 Å². The first-order valence-corrected chi connectivity index (χ1v) is 8.22. The molecule has 0 saturated heterocycles. The second-order valence-corrected chi connectivity index (χ2v) is 6.20. The highest BCUT2D eigenvalue weighted by atomic mass is 79.9. The first-order chi connectivity index (χ1) is 11.6. The first-order valence-electron chi connectivity index (χ1n) is 7.42. The van der Waals surface area contributed by atoms with Crippen molar-refractivity contribution in [3.63, 3.8) is 0 Å². The second-order valence-electron chi connectivity index (χ2n) is 5.35. The Balaban J connectivity index is 2.28. The van der Waals surface area contributed by atoms with Crippen molar-refractivity contribution in [1.29, 1.82) is 5.26 Å². The number of hydrogen-bond acceptors (Lipinski definition) is 5. The van der Waals surface area contributed by atoms with Crippen LogP contribution in [0.25, 0.3) is 0 Å². The summed E-state index contributed by atoms with van der Waals surface area (Å²) in [7, 11) is 3.52. The van der Waals surface area contributed by atoms with Crippen LogP contribution in [0.15, 0.2) is 34.8 Å². The van der Waals surface area contributed by atoms with Crippen LogP contribution < -0.4 is 4.90 Å². The van der Waals surface area contributed by atoms with Gasteiger partial charge >= 0.3 is 0 Å². The fraction of sp³-hybridized carbons (Fsp3) is 0.278. The zero-order valence-corrected chi connectivity index (χ0v) is 15.2. The number of pyridine rings is 1. The Morgan fingerprint density at radius 1 is 1.38 bits per heavy atom. The molecule has 24 heavy (non-hydrogen) atoms. The summed E-state index contributed by atoms with van der Waals surface area (Å²) in [6.07, 6.45) is 1.41. The normalized spacial score (nSPS) is 10.2. The number of nitrogens with zero attached hydrogens (tertiary/aromatic N) is 3. The molecule has 1 aromatic heterocycles. The Kier molecular flexibility index (Phi) is 6.47. The number of anilines is 1. The number of benzene rings is 1. The molecule has 0 aliphatic carbocycles. The summed E-state index contributed by atoms with van der Waals surface area (Å²) < 4.78 is 5.85. The molecule has 1 heterocycles. The van der Waals surface area contributed by atoms with E-state index >= 15 is 0 Å². The third-order valence-corrected chi connectivity index (χ3v) is 4.34. The van der Waals surface area contributed by atoms with Gasteiger partial charge in [-0.3, -0.25) is 4.79 Å². The van der Waals surface area contributed by atoms with Crippen LogP contribution in [-0.2, 0) is 11.2 Å². The number of hydrogen-bond donors (Lipinski definition) is 0. The van der Waals surface area contributed by atoms with Gasteiger partial charge in [-0.1, -0.05) is 22.0 Å². The van der Waals surface area contributed by atoms with E-state index in [2.05, 4.69) is 27.0 Å². The lowest BCUT2D eigenvalue weighted by atomic mass is 10.1. The number of aromatic nitrogens is 1. The number of nitriles is 1. The van der Waals surface area contributed by atoms with Crippen LogP contribution in [0.1, 0.15) is 27.2 Å². The van der Waals surface area contributed by atoms with Gasteiger partial charge in [-0.05, 0) is 29.8 Å². The number of carbonyl (C=O) groups excluding carboxylic acids is 1. The summed E-state index contributed by atoms with van der Waals surface area (Å²) in [5, 5.41) is 9.28. The van der Waals surface area contributed by atoms with E-state index in [0.717, 1.165) is 22.0 Å². The van der Waals surface area contributed by atoms with Crippen LogP contribution >= 0.6 is 15.9 Å². The largest absolute Gasteiger partial charge is 0.383 e. The summed E-state index contributed by atoms with van der Waals surface area (Å²) in [5.41, 5.74) is 2.97. The maximum Gasteiger partial charge on any atom is 0.151 e. The molecule has 0 saturated carbocycles. The summed E-state index contributed by atoms with van der Waals surface area (Å²) >= 11 is 3.35. The number of ether oxygens (including phenoxy) is 1. The number of likely N-dealkylation sites (N-methyl/N-ethyl adjacent to an activating group) is 1. The predicted octanol–water partition coefficient (Wildman–Crippen LogP) is 3.20. The van der Waals surface area contributed by atoms with E-state index in [1.165, 1.54) is 0 Å². The Labute approximate surface area is 150 Å². The van der Waals surface area contributed by atoms with Crippen molar-refractivity contribution < 1.29 is 9.53 Å². The highest BCUT2D eigenvalue weighted by Crippen LogP contribution is 2.21. The van der Waals surface area contributed by atoms with Crippen molar-refractivity contribution in [2.24, 2.45) is 0 Å². The van der Waals surface area contributed by atoms with E-state index in [-0.39, 0.29) is 0 Å². The molecule has 0 bridgehead atoms. The number of halogens is 1. The minimum atomic E-state index is 0.529. The van der Waals surface area contributed by atoms with Gasteiger partial charge in [0.2, 0.25) is 0 Å². The van der Waals surface area contributed by atoms with Gasteiger partial charge in [0.15, 0.2) is 6.29 Å². The quantitative estimate of drug-likeness (QED) is 0.682. The van der Waals surface area contributed by atoms with E-state index in [4.69, 9.17) is 4.74 Å². The van der Waals surface area contributed by atoms with E-state index in [1.54, 1.807) is 13.2 Å². The molecular weight excluding hydrogens is 370 g/mol. The molecule has 0 atom stereocenters. The number of rotatable bonds is 7. The molecule has 6 heteroatoms. The minimum absolute atomic E-state index is 0.529. The zero-order valence-electron chi connectivity index (χ0n) is 13.6. The molecule has 0 fully saturated rings. The first kappa shape index (κ1) is 18.1. The molecule has 5 nitrogen and oxygen atoms in total. The van der Waals surface area contributed by atoms with Crippen molar-refractivity contribution >= 4 is 28.0 Å². The molecular formula is C18H18BrN3O2. The van der Waals surface area contributed by atoms with Crippen molar-refractivity contribution in [2.45, 2.75) is 6.42 Å². The lowest BCUT2D eigenvalue weighted by molar-refractivity contribution is 0.112. The highest BCUT2D eigenvalue weighted by molar-refractivity contribution is 9.10. The Hall–Kier alpha value is -2.23. The third kappa shape index (κ3) is 4.40. The SMILES string of the molecule is COCCN(C)c1nc(Cc2ccc(Br)c(C=O)c2)ccc1C#N. The van der Waals surface area contributed by atoms with Gasteiger partial charge in [0.25, 0.3) is 0 Å². The molecule has 2 rings (SSSR count). The summed E-state index contributed by atoms with van der Waals surface area (Å²) in [5.74, 6) is 0.639. The molecule has 0 unspecified atom stereocenters. The van der Waals surface area contributed by atoms with Gasteiger partial charge in [0.05, 0.1) is 12.2 Å². The van der Waals surface area contributed by atoms with Gasteiger partial charge in [-0.25, -0.2) is 4.98 Å². The summed E-state index contributed by atoms with van der Waals surface area (Å²) in [4.78, 5) is 17.6. The Morgan fingerprint density at radius 2 is 2.17 bits per heavy atom. The molecule has 0 aliphatic heterocycles. The molecule has 0 radical (unpaired) electrons. The average molecular weight is 388 g/mol. The van der Waals surface area contributed by atoms with Crippen LogP contribution in [0.4, 0.5) is 5.82 Å². The summed E-state index contributed by atoms with van der Waals surface area (Å²) in [6, 6.07) is 11.4. The Bertz CT molecular complexity index is 771. The fourth-order valence-electron chi connectivity index (χ4n) is 2.30. The molecule has 2 aromatic rings. The van der Waals surface area contributed by atoms with Crippen molar-refractivity contribution in [1.82, 2.24) is 4.98 Å². The van der Waals surface area contributed by atoms with E-state index in [9.17, 15) is 10.1 Å². The standard InChI is InChI=1S/C18H18BrN3O2/c1-22(7-8-24-2)18-14(11-20)4-5-16(21-18)10-13-3-6-17(19)15(9-13)12-23/h3-6,9,12H,7-8,10H2,1-2H3. The molecule has 0 aliphatic rings. The number of aldehydes is 1. The Morgan fingerprint density at radius 3 is 2.83 bits per heavy atom. The molecule has 0 amide bonds. The van der Waals surface area contributed by atoms with Gasteiger partial charge in [-0.15, -0.1) is 0 Å². The zero-order chi connectivity index (χ0) is 17.5. The monoisotopic (exact) mass is 387 g/mol. The van der Waals surface area contributed by atoms with E-state index < -0.39 is 0 Å².